The van der Waals surface area contributed by atoms with Crippen LogP contribution in [-0.2, 0) is 0 Å². The number of piperazine rings is 1. The summed E-state index contributed by atoms with van der Waals surface area (Å²) in [4.78, 5) is 11.0. The molecule has 6 nitrogen and oxygen atoms in total. The van der Waals surface area contributed by atoms with Gasteiger partial charge in [0.05, 0.1) is 12.2 Å². The molecule has 3 aromatic rings. The fourth-order valence-corrected chi connectivity index (χ4v) is 2.98. The van der Waals surface area contributed by atoms with Crippen molar-refractivity contribution in [3.05, 3.63) is 48.3 Å². The van der Waals surface area contributed by atoms with E-state index >= 15 is 0 Å². The molecule has 1 saturated heterocycles. The predicted molar refractivity (Wildman–Crippen MR) is 92.5 cm³/mol. The maximum atomic E-state index is 5.99. The number of benzene rings is 1. The summed E-state index contributed by atoms with van der Waals surface area (Å²) in [6.07, 6.45) is 3.46. The molecule has 0 bridgehead atoms. The van der Waals surface area contributed by atoms with Crippen LogP contribution >= 0.6 is 0 Å². The van der Waals surface area contributed by atoms with Gasteiger partial charge in [-0.05, 0) is 30.7 Å². The van der Waals surface area contributed by atoms with Gasteiger partial charge in [-0.2, -0.15) is 4.98 Å². The number of ether oxygens (including phenoxy) is 1. The summed E-state index contributed by atoms with van der Waals surface area (Å²) in [5, 5.41) is 3.41. The topological polar surface area (TPSA) is 63.4 Å². The fraction of sp³-hybridized carbons (Fsp3) is 0.333. The van der Waals surface area contributed by atoms with Crippen LogP contribution in [0.5, 0.6) is 5.75 Å². The second-order valence-electron chi connectivity index (χ2n) is 5.97. The lowest BCUT2D eigenvalue weighted by atomic mass is 10.2. The molecule has 0 amide bonds. The van der Waals surface area contributed by atoms with Gasteiger partial charge in [-0.1, -0.05) is 12.1 Å². The maximum Gasteiger partial charge on any atom is 0.298 e. The molecule has 0 aliphatic carbocycles. The first-order valence-electron chi connectivity index (χ1n) is 8.17. The molecule has 0 spiro atoms. The highest BCUT2D eigenvalue weighted by Crippen LogP contribution is 2.26. The first kappa shape index (κ1) is 15.0. The molecule has 1 aromatic carbocycles. The quantitative estimate of drug-likeness (QED) is 0.795. The molecule has 0 saturated carbocycles. The van der Waals surface area contributed by atoms with Gasteiger partial charge in [0.15, 0.2) is 5.58 Å². The zero-order valence-corrected chi connectivity index (χ0v) is 13.6. The van der Waals surface area contributed by atoms with Crippen molar-refractivity contribution in [2.75, 3.05) is 31.1 Å². The Kier molecular flexibility index (Phi) is 4.04. The van der Waals surface area contributed by atoms with Crippen molar-refractivity contribution in [3.8, 4) is 5.75 Å². The minimum atomic E-state index is 0.160. The number of nitrogens with zero attached hydrogens (tertiary/aromatic N) is 3. The summed E-state index contributed by atoms with van der Waals surface area (Å²) in [6.45, 7) is 5.18. The van der Waals surface area contributed by atoms with E-state index in [4.69, 9.17) is 14.1 Å². The van der Waals surface area contributed by atoms with Gasteiger partial charge in [0.2, 0.25) is 0 Å². The smallest absolute Gasteiger partial charge is 0.298 e. The molecular weight excluding hydrogens is 304 g/mol. The number of hydrogen-bond acceptors (Lipinski definition) is 6. The number of fused-ring (bicyclic) bond motifs is 1. The predicted octanol–water partition coefficient (Wildman–Crippen LogP) is 2.39. The Bertz CT molecular complexity index is 818. The van der Waals surface area contributed by atoms with Gasteiger partial charge < -0.3 is 19.4 Å². The van der Waals surface area contributed by atoms with E-state index < -0.39 is 0 Å². The second kappa shape index (κ2) is 6.49. The number of anilines is 1. The van der Waals surface area contributed by atoms with Crippen LogP contribution in [0.1, 0.15) is 5.56 Å². The van der Waals surface area contributed by atoms with Gasteiger partial charge in [-0.15, -0.1) is 0 Å². The van der Waals surface area contributed by atoms with E-state index in [9.17, 15) is 0 Å². The molecule has 1 aliphatic heterocycles. The average molecular weight is 324 g/mol. The van der Waals surface area contributed by atoms with Gasteiger partial charge in [-0.3, -0.25) is 4.98 Å². The van der Waals surface area contributed by atoms with Crippen molar-refractivity contribution < 1.29 is 9.15 Å². The van der Waals surface area contributed by atoms with Gasteiger partial charge in [0.25, 0.3) is 6.01 Å². The van der Waals surface area contributed by atoms with E-state index in [0.29, 0.717) is 12.6 Å². The van der Waals surface area contributed by atoms with E-state index in [1.165, 1.54) is 0 Å². The van der Waals surface area contributed by atoms with Crippen molar-refractivity contribution >= 4 is 17.1 Å². The number of hydrogen-bond donors (Lipinski definition) is 1. The summed E-state index contributed by atoms with van der Waals surface area (Å²) in [5.74, 6) is 0.774. The number of nitrogens with one attached hydrogen (secondary N) is 1. The highest BCUT2D eigenvalue weighted by Gasteiger charge is 2.27. The number of aromatic nitrogens is 2. The molecule has 1 unspecified atom stereocenters. The normalized spacial score (nSPS) is 18.0. The van der Waals surface area contributed by atoms with Crippen molar-refractivity contribution in [1.29, 1.82) is 0 Å². The van der Waals surface area contributed by atoms with Crippen molar-refractivity contribution in [2.45, 2.75) is 13.0 Å². The van der Waals surface area contributed by atoms with Crippen LogP contribution in [0.4, 0.5) is 6.01 Å². The molecule has 1 atom stereocenters. The molecular formula is C18H20N4O2. The monoisotopic (exact) mass is 324 g/mol. The zero-order chi connectivity index (χ0) is 16.4. The van der Waals surface area contributed by atoms with E-state index in [-0.39, 0.29) is 6.04 Å². The first-order chi connectivity index (χ1) is 11.8. The van der Waals surface area contributed by atoms with Crippen LogP contribution in [0.2, 0.25) is 0 Å². The Morgan fingerprint density at radius 1 is 1.33 bits per heavy atom. The van der Waals surface area contributed by atoms with Crippen LogP contribution in [0, 0.1) is 6.92 Å². The largest absolute Gasteiger partial charge is 0.490 e. The van der Waals surface area contributed by atoms with Crippen molar-refractivity contribution in [1.82, 2.24) is 15.3 Å². The fourth-order valence-electron chi connectivity index (χ4n) is 2.98. The Labute approximate surface area is 140 Å². The summed E-state index contributed by atoms with van der Waals surface area (Å²) in [7, 11) is 0. The Balaban J connectivity index is 1.55. The Morgan fingerprint density at radius 3 is 3.12 bits per heavy atom. The minimum absolute atomic E-state index is 0.160. The second-order valence-corrected chi connectivity index (χ2v) is 5.97. The molecule has 0 radical (unpaired) electrons. The van der Waals surface area contributed by atoms with Gasteiger partial charge >= 0.3 is 0 Å². The highest BCUT2D eigenvalue weighted by atomic mass is 16.5. The molecule has 1 N–H and O–H groups in total. The zero-order valence-electron chi connectivity index (χ0n) is 13.6. The third-order valence-corrected chi connectivity index (χ3v) is 4.28. The number of pyridine rings is 1. The molecule has 1 fully saturated rings. The third-order valence-electron chi connectivity index (χ3n) is 4.28. The first-order valence-corrected chi connectivity index (χ1v) is 8.17. The van der Waals surface area contributed by atoms with E-state index in [1.807, 2.05) is 24.3 Å². The van der Waals surface area contributed by atoms with E-state index in [0.717, 1.165) is 42.0 Å². The van der Waals surface area contributed by atoms with Gasteiger partial charge in [-0.25, -0.2) is 0 Å². The summed E-state index contributed by atoms with van der Waals surface area (Å²) >= 11 is 0. The highest BCUT2D eigenvalue weighted by molar-refractivity contribution is 5.78. The lowest BCUT2D eigenvalue weighted by Gasteiger charge is -2.34. The molecule has 2 aromatic heterocycles. The Hall–Kier alpha value is -2.60. The average Bonchev–Trinajstić information content (AvgIpc) is 3.07. The SMILES string of the molecule is Cc1cccc2oc(N3CCNCC3COc3cccnc3)nc12. The minimum Gasteiger partial charge on any atom is -0.490 e. The van der Waals surface area contributed by atoms with Crippen LogP contribution in [0.25, 0.3) is 11.1 Å². The number of para-hydroxylation sites is 1. The number of aryl methyl sites for hydroxylation is 1. The maximum absolute atomic E-state index is 5.99. The van der Waals surface area contributed by atoms with E-state index in [2.05, 4.69) is 28.2 Å². The lowest BCUT2D eigenvalue weighted by molar-refractivity contribution is 0.261. The molecule has 124 valence electrons. The molecule has 4 rings (SSSR count). The summed E-state index contributed by atoms with van der Waals surface area (Å²) in [5.41, 5.74) is 2.88. The molecule has 24 heavy (non-hydrogen) atoms. The van der Waals surface area contributed by atoms with Crippen molar-refractivity contribution in [2.24, 2.45) is 0 Å². The number of oxazole rings is 1. The van der Waals surface area contributed by atoms with Gasteiger partial charge in [0, 0.05) is 25.8 Å². The lowest BCUT2D eigenvalue weighted by Crippen LogP contribution is -2.54. The summed E-state index contributed by atoms with van der Waals surface area (Å²) in [6, 6.07) is 10.6. The molecule has 6 heteroatoms. The Morgan fingerprint density at radius 2 is 2.29 bits per heavy atom. The van der Waals surface area contributed by atoms with Crippen LogP contribution in [0.15, 0.2) is 47.1 Å². The van der Waals surface area contributed by atoms with Gasteiger partial charge in [0.1, 0.15) is 17.9 Å². The van der Waals surface area contributed by atoms with Crippen LogP contribution < -0.4 is 15.0 Å². The van der Waals surface area contributed by atoms with E-state index in [1.54, 1.807) is 12.4 Å². The van der Waals surface area contributed by atoms with Crippen LogP contribution in [-0.4, -0.2) is 42.3 Å². The molecule has 3 heterocycles. The standard InChI is InChI=1S/C18H20N4O2/c1-13-4-2-6-16-17(13)21-18(24-16)22-9-8-20-10-14(22)12-23-15-5-3-7-19-11-15/h2-7,11,14,20H,8-10,12H2,1H3. The van der Waals surface area contributed by atoms with Crippen LogP contribution in [0.3, 0.4) is 0 Å². The molecule has 1 aliphatic rings. The third kappa shape index (κ3) is 2.92. The van der Waals surface area contributed by atoms with Crippen molar-refractivity contribution in [3.63, 3.8) is 0 Å². The summed E-state index contributed by atoms with van der Waals surface area (Å²) < 4.78 is 11.9. The number of rotatable bonds is 4.